The number of anilines is 1. The van der Waals surface area contributed by atoms with Crippen LogP contribution in [0.3, 0.4) is 0 Å². The summed E-state index contributed by atoms with van der Waals surface area (Å²) in [7, 11) is 0. The first-order valence-corrected chi connectivity index (χ1v) is 6.50. The lowest BCUT2D eigenvalue weighted by molar-refractivity contribution is 0.174. The molecule has 2 heterocycles. The van der Waals surface area contributed by atoms with Gasteiger partial charge in [0, 0.05) is 24.2 Å². The molecule has 0 radical (unpaired) electrons. The summed E-state index contributed by atoms with van der Waals surface area (Å²) in [4.78, 5) is 0. The summed E-state index contributed by atoms with van der Waals surface area (Å²) >= 11 is 0. The SMILES string of the molecule is CC(CCc1ccco1)Nc1ccc2c(c1)OCO2. The van der Waals surface area contributed by atoms with E-state index < -0.39 is 0 Å². The molecule has 4 heteroatoms. The molecule has 1 atom stereocenters. The monoisotopic (exact) mass is 259 g/mol. The van der Waals surface area contributed by atoms with Crippen LogP contribution in [0.2, 0.25) is 0 Å². The van der Waals surface area contributed by atoms with E-state index in [1.807, 2.05) is 30.3 Å². The number of nitrogens with one attached hydrogen (secondary N) is 1. The van der Waals surface area contributed by atoms with Gasteiger partial charge in [-0.2, -0.15) is 0 Å². The summed E-state index contributed by atoms with van der Waals surface area (Å²) in [6.45, 7) is 2.47. The minimum atomic E-state index is 0.312. The van der Waals surface area contributed by atoms with E-state index in [1.165, 1.54) is 0 Å². The van der Waals surface area contributed by atoms with Gasteiger partial charge in [0.25, 0.3) is 0 Å². The number of rotatable bonds is 5. The van der Waals surface area contributed by atoms with Gasteiger partial charge >= 0.3 is 0 Å². The lowest BCUT2D eigenvalue weighted by Crippen LogP contribution is -2.15. The fraction of sp³-hybridized carbons (Fsp3) is 0.333. The van der Waals surface area contributed by atoms with Crippen LogP contribution >= 0.6 is 0 Å². The molecule has 1 aromatic carbocycles. The molecule has 1 aliphatic rings. The molecule has 19 heavy (non-hydrogen) atoms. The van der Waals surface area contributed by atoms with E-state index in [-0.39, 0.29) is 0 Å². The zero-order valence-electron chi connectivity index (χ0n) is 10.9. The van der Waals surface area contributed by atoms with Crippen molar-refractivity contribution >= 4 is 5.69 Å². The Balaban J connectivity index is 1.55. The van der Waals surface area contributed by atoms with E-state index in [0.29, 0.717) is 12.8 Å². The lowest BCUT2D eigenvalue weighted by atomic mass is 10.1. The fourth-order valence-corrected chi connectivity index (χ4v) is 2.16. The smallest absolute Gasteiger partial charge is 0.231 e. The topological polar surface area (TPSA) is 43.6 Å². The minimum Gasteiger partial charge on any atom is -0.469 e. The summed E-state index contributed by atoms with van der Waals surface area (Å²) in [5, 5.41) is 3.46. The Bertz CT molecular complexity index is 536. The Morgan fingerprint density at radius 2 is 2.11 bits per heavy atom. The molecule has 1 aliphatic heterocycles. The number of hydrogen-bond acceptors (Lipinski definition) is 4. The summed E-state index contributed by atoms with van der Waals surface area (Å²) < 4.78 is 16.0. The molecule has 0 fully saturated rings. The Kier molecular flexibility index (Phi) is 3.31. The summed E-state index contributed by atoms with van der Waals surface area (Å²) in [6, 6.07) is 10.2. The van der Waals surface area contributed by atoms with Gasteiger partial charge in [0.05, 0.1) is 6.26 Å². The normalized spacial score (nSPS) is 14.4. The summed E-state index contributed by atoms with van der Waals surface area (Å²) in [5.41, 5.74) is 1.05. The van der Waals surface area contributed by atoms with Crippen LogP contribution in [-0.2, 0) is 6.42 Å². The zero-order valence-corrected chi connectivity index (χ0v) is 10.9. The number of furan rings is 1. The van der Waals surface area contributed by atoms with Crippen molar-refractivity contribution in [2.24, 2.45) is 0 Å². The van der Waals surface area contributed by atoms with Crippen molar-refractivity contribution in [3.8, 4) is 11.5 Å². The third kappa shape index (κ3) is 2.84. The predicted octanol–water partition coefficient (Wildman–Crippen LogP) is 3.44. The molecule has 0 saturated carbocycles. The maximum absolute atomic E-state index is 5.36. The molecule has 0 aliphatic carbocycles. The molecule has 1 aromatic heterocycles. The maximum Gasteiger partial charge on any atom is 0.231 e. The number of benzene rings is 1. The molecule has 100 valence electrons. The van der Waals surface area contributed by atoms with E-state index in [1.54, 1.807) is 6.26 Å². The Labute approximate surface area is 112 Å². The van der Waals surface area contributed by atoms with Gasteiger partial charge in [-0.25, -0.2) is 0 Å². The quantitative estimate of drug-likeness (QED) is 0.893. The van der Waals surface area contributed by atoms with Crippen LogP contribution in [0.25, 0.3) is 0 Å². The number of ether oxygens (including phenoxy) is 2. The molecule has 1 N–H and O–H groups in total. The van der Waals surface area contributed by atoms with Gasteiger partial charge in [0.2, 0.25) is 6.79 Å². The fourth-order valence-electron chi connectivity index (χ4n) is 2.16. The second-order valence-corrected chi connectivity index (χ2v) is 4.73. The third-order valence-electron chi connectivity index (χ3n) is 3.19. The van der Waals surface area contributed by atoms with Crippen LogP contribution in [0.1, 0.15) is 19.1 Å². The first kappa shape index (κ1) is 12.0. The highest BCUT2D eigenvalue weighted by molar-refractivity contribution is 5.55. The van der Waals surface area contributed by atoms with E-state index in [0.717, 1.165) is 35.8 Å². The van der Waals surface area contributed by atoms with Crippen LogP contribution in [0.4, 0.5) is 5.69 Å². The standard InChI is InChI=1S/C15H17NO3/c1-11(4-6-13-3-2-8-17-13)16-12-5-7-14-15(9-12)19-10-18-14/h2-3,5,7-9,11,16H,4,6,10H2,1H3. The number of hydrogen-bond donors (Lipinski definition) is 1. The van der Waals surface area contributed by atoms with Gasteiger partial charge < -0.3 is 19.2 Å². The molecule has 0 saturated heterocycles. The van der Waals surface area contributed by atoms with Crippen molar-refractivity contribution in [2.45, 2.75) is 25.8 Å². The predicted molar refractivity (Wildman–Crippen MR) is 72.7 cm³/mol. The highest BCUT2D eigenvalue weighted by Gasteiger charge is 2.13. The van der Waals surface area contributed by atoms with Gasteiger partial charge in [-0.3, -0.25) is 0 Å². The van der Waals surface area contributed by atoms with E-state index in [2.05, 4.69) is 12.2 Å². The van der Waals surface area contributed by atoms with Crippen LogP contribution < -0.4 is 14.8 Å². The second-order valence-electron chi connectivity index (χ2n) is 4.73. The van der Waals surface area contributed by atoms with E-state index in [4.69, 9.17) is 13.9 Å². The zero-order chi connectivity index (χ0) is 13.1. The van der Waals surface area contributed by atoms with Crippen molar-refractivity contribution in [3.63, 3.8) is 0 Å². The van der Waals surface area contributed by atoms with Gasteiger partial charge in [0.15, 0.2) is 11.5 Å². The van der Waals surface area contributed by atoms with Gasteiger partial charge in [-0.05, 0) is 37.6 Å². The van der Waals surface area contributed by atoms with E-state index in [9.17, 15) is 0 Å². The van der Waals surface area contributed by atoms with Crippen LogP contribution in [-0.4, -0.2) is 12.8 Å². The van der Waals surface area contributed by atoms with Crippen molar-refractivity contribution in [3.05, 3.63) is 42.4 Å². The molecule has 4 nitrogen and oxygen atoms in total. The first-order valence-electron chi connectivity index (χ1n) is 6.50. The Morgan fingerprint density at radius 1 is 1.21 bits per heavy atom. The van der Waals surface area contributed by atoms with Gasteiger partial charge in [-0.15, -0.1) is 0 Å². The lowest BCUT2D eigenvalue weighted by Gasteiger charge is -2.14. The minimum absolute atomic E-state index is 0.312. The van der Waals surface area contributed by atoms with E-state index >= 15 is 0 Å². The first-order chi connectivity index (χ1) is 9.31. The summed E-state index contributed by atoms with van der Waals surface area (Å²) in [5.74, 6) is 2.65. The highest BCUT2D eigenvalue weighted by Crippen LogP contribution is 2.34. The summed E-state index contributed by atoms with van der Waals surface area (Å²) in [6.07, 6.45) is 3.67. The maximum atomic E-state index is 5.36. The Morgan fingerprint density at radius 3 is 2.95 bits per heavy atom. The molecule has 2 aromatic rings. The molecule has 0 amide bonds. The third-order valence-corrected chi connectivity index (χ3v) is 3.19. The van der Waals surface area contributed by atoms with Gasteiger partial charge in [-0.1, -0.05) is 0 Å². The molecular weight excluding hydrogens is 242 g/mol. The number of aryl methyl sites for hydroxylation is 1. The molecular formula is C15H17NO3. The Hall–Kier alpha value is -2.10. The van der Waals surface area contributed by atoms with Gasteiger partial charge in [0.1, 0.15) is 5.76 Å². The average molecular weight is 259 g/mol. The number of fused-ring (bicyclic) bond motifs is 1. The molecule has 0 bridgehead atoms. The van der Waals surface area contributed by atoms with Crippen molar-refractivity contribution in [2.75, 3.05) is 12.1 Å². The van der Waals surface area contributed by atoms with Crippen molar-refractivity contribution in [1.29, 1.82) is 0 Å². The molecule has 0 spiro atoms. The highest BCUT2D eigenvalue weighted by atomic mass is 16.7. The van der Waals surface area contributed by atoms with Crippen LogP contribution in [0.15, 0.2) is 41.0 Å². The molecule has 3 rings (SSSR count). The van der Waals surface area contributed by atoms with Crippen LogP contribution in [0.5, 0.6) is 11.5 Å². The largest absolute Gasteiger partial charge is 0.469 e. The average Bonchev–Trinajstić information content (AvgIpc) is 3.07. The second kappa shape index (κ2) is 5.26. The van der Waals surface area contributed by atoms with Crippen molar-refractivity contribution < 1.29 is 13.9 Å². The molecule has 1 unspecified atom stereocenters. The van der Waals surface area contributed by atoms with Crippen LogP contribution in [0, 0.1) is 0 Å². The van der Waals surface area contributed by atoms with Crippen molar-refractivity contribution in [1.82, 2.24) is 0 Å².